The highest BCUT2D eigenvalue weighted by Gasteiger charge is 2.31. The topological polar surface area (TPSA) is 31.2 Å². The van der Waals surface area contributed by atoms with Crippen molar-refractivity contribution in [1.29, 1.82) is 0 Å². The van der Waals surface area contributed by atoms with Gasteiger partial charge >= 0.3 is 0 Å². The van der Waals surface area contributed by atoms with E-state index in [1.165, 1.54) is 0 Å². The molecule has 2 rings (SSSR count). The van der Waals surface area contributed by atoms with Gasteiger partial charge in [0.25, 0.3) is 5.56 Å². The standard InChI is InChI=1S/C13H19NO2/c1-10-5-4-8-14(12(10)15)9-11-6-7-13(2,3)16-11/h4-5,8,11H,6-7,9H2,1-3H3. The van der Waals surface area contributed by atoms with Crippen molar-refractivity contribution in [3.8, 4) is 0 Å². The third-order valence-electron chi connectivity index (χ3n) is 3.16. The van der Waals surface area contributed by atoms with Crippen molar-refractivity contribution in [2.24, 2.45) is 0 Å². The summed E-state index contributed by atoms with van der Waals surface area (Å²) in [6, 6.07) is 3.76. The predicted molar refractivity (Wildman–Crippen MR) is 63.6 cm³/mol. The monoisotopic (exact) mass is 221 g/mol. The van der Waals surface area contributed by atoms with Crippen LogP contribution < -0.4 is 5.56 Å². The van der Waals surface area contributed by atoms with Crippen LogP contribution in [0.25, 0.3) is 0 Å². The molecule has 1 saturated heterocycles. The molecule has 1 aliphatic rings. The summed E-state index contributed by atoms with van der Waals surface area (Å²) < 4.78 is 7.64. The van der Waals surface area contributed by atoms with Crippen molar-refractivity contribution in [3.05, 3.63) is 34.2 Å². The number of hydrogen-bond acceptors (Lipinski definition) is 2. The minimum atomic E-state index is -0.0297. The Kier molecular flexibility index (Phi) is 2.89. The van der Waals surface area contributed by atoms with Crippen LogP contribution in [0.4, 0.5) is 0 Å². The first-order valence-electron chi connectivity index (χ1n) is 5.82. The average Bonchev–Trinajstić information content (AvgIpc) is 2.53. The highest BCUT2D eigenvalue weighted by molar-refractivity contribution is 5.07. The predicted octanol–water partition coefficient (Wildman–Crippen LogP) is 2.11. The lowest BCUT2D eigenvalue weighted by atomic mass is 10.1. The van der Waals surface area contributed by atoms with Gasteiger partial charge in [-0.15, -0.1) is 0 Å². The van der Waals surface area contributed by atoms with Gasteiger partial charge in [0.05, 0.1) is 18.2 Å². The van der Waals surface area contributed by atoms with Gasteiger partial charge in [-0.05, 0) is 39.7 Å². The molecule has 1 aromatic heterocycles. The van der Waals surface area contributed by atoms with Gasteiger partial charge in [0.15, 0.2) is 0 Å². The van der Waals surface area contributed by atoms with Crippen LogP contribution in [0, 0.1) is 6.92 Å². The summed E-state index contributed by atoms with van der Waals surface area (Å²) >= 11 is 0. The van der Waals surface area contributed by atoms with Crippen LogP contribution in [0.2, 0.25) is 0 Å². The first-order valence-corrected chi connectivity index (χ1v) is 5.82. The maximum absolute atomic E-state index is 11.8. The van der Waals surface area contributed by atoms with E-state index in [2.05, 4.69) is 13.8 Å². The van der Waals surface area contributed by atoms with E-state index in [9.17, 15) is 4.79 Å². The Balaban J connectivity index is 2.11. The number of nitrogens with zero attached hydrogens (tertiary/aromatic N) is 1. The molecule has 1 aliphatic heterocycles. The van der Waals surface area contributed by atoms with Crippen LogP contribution in [0.3, 0.4) is 0 Å². The number of aromatic nitrogens is 1. The first-order chi connectivity index (χ1) is 7.48. The van der Waals surface area contributed by atoms with Gasteiger partial charge < -0.3 is 9.30 Å². The zero-order valence-electron chi connectivity index (χ0n) is 10.2. The highest BCUT2D eigenvalue weighted by atomic mass is 16.5. The van der Waals surface area contributed by atoms with Crippen LogP contribution in [0.15, 0.2) is 23.1 Å². The molecule has 0 bridgehead atoms. The van der Waals surface area contributed by atoms with Crippen LogP contribution in [-0.2, 0) is 11.3 Å². The van der Waals surface area contributed by atoms with Gasteiger partial charge in [-0.2, -0.15) is 0 Å². The van der Waals surface area contributed by atoms with Crippen molar-refractivity contribution >= 4 is 0 Å². The molecule has 0 N–H and O–H groups in total. The van der Waals surface area contributed by atoms with Crippen LogP contribution in [-0.4, -0.2) is 16.3 Å². The fourth-order valence-electron chi connectivity index (χ4n) is 2.23. The van der Waals surface area contributed by atoms with Crippen LogP contribution in [0.1, 0.15) is 32.3 Å². The van der Waals surface area contributed by atoms with E-state index >= 15 is 0 Å². The normalized spacial score (nSPS) is 23.6. The quantitative estimate of drug-likeness (QED) is 0.766. The van der Waals surface area contributed by atoms with Gasteiger partial charge in [0, 0.05) is 11.8 Å². The van der Waals surface area contributed by atoms with E-state index in [0.717, 1.165) is 18.4 Å². The Morgan fingerprint density at radius 3 is 2.94 bits per heavy atom. The lowest BCUT2D eigenvalue weighted by Crippen LogP contribution is -2.29. The van der Waals surface area contributed by atoms with Crippen molar-refractivity contribution in [2.45, 2.75) is 51.9 Å². The molecule has 1 unspecified atom stereocenters. The van der Waals surface area contributed by atoms with Gasteiger partial charge in [0.2, 0.25) is 0 Å². The molecule has 1 atom stereocenters. The SMILES string of the molecule is Cc1cccn(CC2CCC(C)(C)O2)c1=O. The Hall–Kier alpha value is -1.09. The summed E-state index contributed by atoms with van der Waals surface area (Å²) in [4.78, 5) is 11.8. The molecule has 0 aliphatic carbocycles. The van der Waals surface area contributed by atoms with E-state index in [1.54, 1.807) is 4.57 Å². The third kappa shape index (κ3) is 2.35. The number of ether oxygens (including phenoxy) is 1. The molecule has 0 radical (unpaired) electrons. The highest BCUT2D eigenvalue weighted by Crippen LogP contribution is 2.29. The average molecular weight is 221 g/mol. The molecule has 1 fully saturated rings. The maximum Gasteiger partial charge on any atom is 0.253 e. The molecular weight excluding hydrogens is 202 g/mol. The summed E-state index contributed by atoms with van der Waals surface area (Å²) in [5.41, 5.74) is 0.855. The largest absolute Gasteiger partial charge is 0.370 e. The molecule has 2 heterocycles. The Morgan fingerprint density at radius 2 is 2.31 bits per heavy atom. The van der Waals surface area contributed by atoms with Gasteiger partial charge in [-0.3, -0.25) is 4.79 Å². The molecule has 88 valence electrons. The molecule has 0 saturated carbocycles. The van der Waals surface area contributed by atoms with Gasteiger partial charge in [-0.25, -0.2) is 0 Å². The number of aryl methyl sites for hydroxylation is 1. The number of pyridine rings is 1. The van der Waals surface area contributed by atoms with Crippen LogP contribution in [0.5, 0.6) is 0 Å². The molecule has 0 amide bonds. The molecule has 0 aromatic carbocycles. The smallest absolute Gasteiger partial charge is 0.253 e. The van der Waals surface area contributed by atoms with Crippen molar-refractivity contribution in [1.82, 2.24) is 4.57 Å². The summed E-state index contributed by atoms with van der Waals surface area (Å²) in [5.74, 6) is 0. The van der Waals surface area contributed by atoms with E-state index < -0.39 is 0 Å². The fourth-order valence-corrected chi connectivity index (χ4v) is 2.23. The van der Waals surface area contributed by atoms with E-state index in [1.807, 2.05) is 25.3 Å². The molecule has 3 heteroatoms. The van der Waals surface area contributed by atoms with E-state index in [4.69, 9.17) is 4.74 Å². The van der Waals surface area contributed by atoms with Crippen molar-refractivity contribution < 1.29 is 4.74 Å². The minimum Gasteiger partial charge on any atom is -0.370 e. The first kappa shape index (κ1) is 11.4. The van der Waals surface area contributed by atoms with Crippen LogP contribution >= 0.6 is 0 Å². The second kappa shape index (κ2) is 4.06. The number of hydrogen-bond donors (Lipinski definition) is 0. The Labute approximate surface area is 96.0 Å². The summed E-state index contributed by atoms with van der Waals surface area (Å²) in [7, 11) is 0. The molecular formula is C13H19NO2. The van der Waals surface area contributed by atoms with E-state index in [-0.39, 0.29) is 17.3 Å². The molecule has 3 nitrogen and oxygen atoms in total. The Morgan fingerprint density at radius 1 is 1.56 bits per heavy atom. The molecule has 16 heavy (non-hydrogen) atoms. The van der Waals surface area contributed by atoms with Crippen molar-refractivity contribution in [2.75, 3.05) is 0 Å². The fraction of sp³-hybridized carbons (Fsp3) is 0.615. The zero-order chi connectivity index (χ0) is 11.8. The lowest BCUT2D eigenvalue weighted by Gasteiger charge is -2.19. The molecule has 1 aromatic rings. The van der Waals surface area contributed by atoms with Gasteiger partial charge in [0.1, 0.15) is 0 Å². The lowest BCUT2D eigenvalue weighted by molar-refractivity contribution is -0.0220. The number of rotatable bonds is 2. The summed E-state index contributed by atoms with van der Waals surface area (Å²) in [6.45, 7) is 6.72. The molecule has 0 spiro atoms. The third-order valence-corrected chi connectivity index (χ3v) is 3.16. The van der Waals surface area contributed by atoms with E-state index in [0.29, 0.717) is 6.54 Å². The summed E-state index contributed by atoms with van der Waals surface area (Å²) in [6.07, 6.45) is 4.12. The second-order valence-electron chi connectivity index (χ2n) is 5.19. The van der Waals surface area contributed by atoms with Crippen molar-refractivity contribution in [3.63, 3.8) is 0 Å². The van der Waals surface area contributed by atoms with Gasteiger partial charge in [-0.1, -0.05) is 6.07 Å². The minimum absolute atomic E-state index is 0.0297. The second-order valence-corrected chi connectivity index (χ2v) is 5.19. The zero-order valence-corrected chi connectivity index (χ0v) is 10.2. The Bertz CT molecular complexity index is 434. The maximum atomic E-state index is 11.8. The summed E-state index contributed by atoms with van der Waals surface area (Å²) in [5, 5.41) is 0.